The monoisotopic (exact) mass is 478 g/mol. The second-order valence-electron chi connectivity index (χ2n) is 9.77. The topological polar surface area (TPSA) is 105 Å². The van der Waals surface area contributed by atoms with Crippen LogP contribution in [0.3, 0.4) is 0 Å². The minimum Gasteiger partial charge on any atom is -0.481 e. The summed E-state index contributed by atoms with van der Waals surface area (Å²) in [6.07, 6.45) is 3.79. The van der Waals surface area contributed by atoms with Crippen LogP contribution in [-0.4, -0.2) is 42.3 Å². The number of fused-ring (bicyclic) bond motifs is 3. The van der Waals surface area contributed by atoms with E-state index in [1.165, 1.54) is 11.1 Å². The van der Waals surface area contributed by atoms with Crippen molar-refractivity contribution in [2.24, 2.45) is 11.8 Å². The molecule has 1 saturated carbocycles. The van der Waals surface area contributed by atoms with Crippen LogP contribution in [0.2, 0.25) is 0 Å². The molecule has 1 unspecified atom stereocenters. The highest BCUT2D eigenvalue weighted by Crippen LogP contribution is 2.44. The standard InChI is InChI=1S/C28H34N2O5/c1-18(15-26(31)30-25-14-4-2-3-13-23(25)27(32)33)16-29-28(34)35-17-24-21-11-7-5-9-19(21)20-10-6-8-12-22(20)24/h5-12,18,23-25H,2-4,13-17H2,1H3,(H,29,34)(H,30,31)(H,32,33)/t18?,23-,25+/m0/s1. The van der Waals surface area contributed by atoms with Crippen LogP contribution in [0.5, 0.6) is 0 Å². The Morgan fingerprint density at radius 2 is 1.60 bits per heavy atom. The Morgan fingerprint density at radius 3 is 2.26 bits per heavy atom. The van der Waals surface area contributed by atoms with Gasteiger partial charge in [-0.15, -0.1) is 0 Å². The molecule has 0 spiro atoms. The number of hydrogen-bond acceptors (Lipinski definition) is 4. The van der Waals surface area contributed by atoms with Gasteiger partial charge in [0.15, 0.2) is 0 Å². The van der Waals surface area contributed by atoms with E-state index in [0.717, 1.165) is 30.4 Å². The van der Waals surface area contributed by atoms with Crippen molar-refractivity contribution in [1.82, 2.24) is 10.6 Å². The quantitative estimate of drug-likeness (QED) is 0.477. The van der Waals surface area contributed by atoms with Gasteiger partial charge in [-0.1, -0.05) is 74.7 Å². The van der Waals surface area contributed by atoms with E-state index in [4.69, 9.17) is 4.74 Å². The molecular weight excluding hydrogens is 444 g/mol. The Morgan fingerprint density at radius 1 is 0.971 bits per heavy atom. The van der Waals surface area contributed by atoms with Gasteiger partial charge in [0.2, 0.25) is 5.91 Å². The third-order valence-corrected chi connectivity index (χ3v) is 7.15. The number of carboxylic acid groups (broad SMARTS) is 1. The maximum Gasteiger partial charge on any atom is 0.407 e. The number of carboxylic acids is 1. The summed E-state index contributed by atoms with van der Waals surface area (Å²) < 4.78 is 5.55. The molecule has 0 bridgehead atoms. The maximum absolute atomic E-state index is 12.5. The molecule has 2 aliphatic carbocycles. The Balaban J connectivity index is 1.23. The Hall–Kier alpha value is -3.35. The summed E-state index contributed by atoms with van der Waals surface area (Å²) in [5, 5.41) is 15.2. The molecule has 0 heterocycles. The van der Waals surface area contributed by atoms with Crippen LogP contribution < -0.4 is 10.6 Å². The van der Waals surface area contributed by atoms with Crippen LogP contribution in [0.4, 0.5) is 4.79 Å². The lowest BCUT2D eigenvalue weighted by Gasteiger charge is -2.23. The molecule has 2 aromatic carbocycles. The van der Waals surface area contributed by atoms with Crippen molar-refractivity contribution >= 4 is 18.0 Å². The summed E-state index contributed by atoms with van der Waals surface area (Å²) in [6.45, 7) is 2.43. The number of carbonyl (C=O) groups is 3. The van der Waals surface area contributed by atoms with E-state index in [-0.39, 0.29) is 36.8 Å². The van der Waals surface area contributed by atoms with E-state index in [1.54, 1.807) is 0 Å². The van der Waals surface area contributed by atoms with Crippen LogP contribution in [-0.2, 0) is 14.3 Å². The first-order valence-electron chi connectivity index (χ1n) is 12.5. The van der Waals surface area contributed by atoms with E-state index >= 15 is 0 Å². The third kappa shape index (κ3) is 6.02. The molecule has 0 aromatic heterocycles. The van der Waals surface area contributed by atoms with E-state index < -0.39 is 18.0 Å². The average molecular weight is 479 g/mol. The van der Waals surface area contributed by atoms with Gasteiger partial charge in [-0.2, -0.15) is 0 Å². The lowest BCUT2D eigenvalue weighted by molar-refractivity contribution is -0.143. The van der Waals surface area contributed by atoms with Crippen LogP contribution in [0, 0.1) is 11.8 Å². The van der Waals surface area contributed by atoms with E-state index in [1.807, 2.05) is 31.2 Å². The predicted octanol–water partition coefficient (Wildman–Crippen LogP) is 4.70. The highest BCUT2D eigenvalue weighted by Gasteiger charge is 2.31. The highest BCUT2D eigenvalue weighted by molar-refractivity contribution is 5.79. The predicted molar refractivity (Wildman–Crippen MR) is 133 cm³/mol. The molecule has 2 aromatic rings. The van der Waals surface area contributed by atoms with E-state index in [2.05, 4.69) is 34.9 Å². The number of alkyl carbamates (subject to hydrolysis) is 1. The average Bonchev–Trinajstić information content (AvgIpc) is 2.97. The minimum absolute atomic E-state index is 0.00175. The number of carbonyl (C=O) groups excluding carboxylic acids is 2. The van der Waals surface area contributed by atoms with Gasteiger partial charge in [-0.25, -0.2) is 4.79 Å². The zero-order valence-electron chi connectivity index (χ0n) is 20.2. The van der Waals surface area contributed by atoms with Gasteiger partial charge >= 0.3 is 12.1 Å². The molecule has 3 atom stereocenters. The van der Waals surface area contributed by atoms with Gasteiger partial charge < -0.3 is 20.5 Å². The van der Waals surface area contributed by atoms with Gasteiger partial charge in [0.1, 0.15) is 6.61 Å². The normalized spacial score (nSPS) is 20.1. The second-order valence-corrected chi connectivity index (χ2v) is 9.77. The number of aliphatic carboxylic acids is 1. The minimum atomic E-state index is -0.845. The van der Waals surface area contributed by atoms with Gasteiger partial charge in [-0.05, 0) is 41.0 Å². The van der Waals surface area contributed by atoms with Crippen molar-refractivity contribution in [3.63, 3.8) is 0 Å². The highest BCUT2D eigenvalue weighted by atomic mass is 16.5. The summed E-state index contributed by atoms with van der Waals surface area (Å²) in [5.41, 5.74) is 4.67. The zero-order valence-corrected chi connectivity index (χ0v) is 20.2. The van der Waals surface area contributed by atoms with Gasteiger partial charge in [0.05, 0.1) is 5.92 Å². The second kappa shape index (κ2) is 11.4. The third-order valence-electron chi connectivity index (χ3n) is 7.15. The summed E-state index contributed by atoms with van der Waals surface area (Å²) in [5.74, 6) is -1.66. The molecule has 0 aliphatic heterocycles. The van der Waals surface area contributed by atoms with Crippen molar-refractivity contribution in [3.8, 4) is 11.1 Å². The molecular formula is C28H34N2O5. The number of ether oxygens (including phenoxy) is 1. The fraction of sp³-hybridized carbons (Fsp3) is 0.464. The largest absolute Gasteiger partial charge is 0.481 e. The van der Waals surface area contributed by atoms with Crippen molar-refractivity contribution in [2.75, 3.05) is 13.2 Å². The first-order valence-corrected chi connectivity index (χ1v) is 12.5. The fourth-order valence-corrected chi connectivity index (χ4v) is 5.34. The molecule has 2 aliphatic rings. The maximum atomic E-state index is 12.5. The Labute approximate surface area is 206 Å². The summed E-state index contributed by atoms with van der Waals surface area (Å²) >= 11 is 0. The Kier molecular flexibility index (Phi) is 8.06. The molecule has 186 valence electrons. The zero-order chi connectivity index (χ0) is 24.8. The molecule has 0 saturated heterocycles. The number of amides is 2. The number of hydrogen-bond donors (Lipinski definition) is 3. The lowest BCUT2D eigenvalue weighted by atomic mass is 9.94. The van der Waals surface area contributed by atoms with E-state index in [0.29, 0.717) is 19.4 Å². The summed E-state index contributed by atoms with van der Waals surface area (Å²) in [6, 6.07) is 16.0. The molecule has 3 N–H and O–H groups in total. The molecule has 0 radical (unpaired) electrons. The SMILES string of the molecule is CC(CNC(=O)OCC1c2ccccc2-c2ccccc21)CC(=O)N[C@@H]1CCCCC[C@@H]1C(=O)O. The fourth-order valence-electron chi connectivity index (χ4n) is 5.34. The smallest absolute Gasteiger partial charge is 0.407 e. The molecule has 35 heavy (non-hydrogen) atoms. The van der Waals surface area contributed by atoms with E-state index in [9.17, 15) is 19.5 Å². The molecule has 7 heteroatoms. The lowest BCUT2D eigenvalue weighted by Crippen LogP contribution is -2.43. The molecule has 2 amide bonds. The van der Waals surface area contributed by atoms with Crippen LogP contribution in [0.1, 0.15) is 62.5 Å². The van der Waals surface area contributed by atoms with Crippen molar-refractivity contribution < 1.29 is 24.2 Å². The van der Waals surface area contributed by atoms with Crippen LogP contribution >= 0.6 is 0 Å². The van der Waals surface area contributed by atoms with Gasteiger partial charge in [0.25, 0.3) is 0 Å². The van der Waals surface area contributed by atoms with Crippen molar-refractivity contribution in [2.45, 2.75) is 57.4 Å². The number of rotatable bonds is 8. The number of nitrogens with one attached hydrogen (secondary N) is 2. The summed E-state index contributed by atoms with van der Waals surface area (Å²) in [4.78, 5) is 36.5. The molecule has 1 fully saturated rings. The van der Waals surface area contributed by atoms with Crippen molar-refractivity contribution in [1.29, 1.82) is 0 Å². The Bertz CT molecular complexity index is 1020. The van der Waals surface area contributed by atoms with Gasteiger partial charge in [-0.3, -0.25) is 9.59 Å². The van der Waals surface area contributed by atoms with Crippen LogP contribution in [0.15, 0.2) is 48.5 Å². The first-order chi connectivity index (χ1) is 16.9. The van der Waals surface area contributed by atoms with Crippen molar-refractivity contribution in [3.05, 3.63) is 59.7 Å². The van der Waals surface area contributed by atoms with Crippen LogP contribution in [0.25, 0.3) is 11.1 Å². The summed E-state index contributed by atoms with van der Waals surface area (Å²) in [7, 11) is 0. The van der Waals surface area contributed by atoms with Gasteiger partial charge in [0, 0.05) is 24.9 Å². The molecule has 7 nitrogen and oxygen atoms in total. The molecule has 4 rings (SSSR count). The number of benzene rings is 2. The first kappa shape index (κ1) is 24.8.